The summed E-state index contributed by atoms with van der Waals surface area (Å²) in [5.41, 5.74) is 1.87. The number of amides is 1. The van der Waals surface area contributed by atoms with Crippen LogP contribution in [0.25, 0.3) is 0 Å². The minimum Gasteiger partial charge on any atom is -0.349 e. The smallest absolute Gasteiger partial charge is 0.251 e. The van der Waals surface area contributed by atoms with Gasteiger partial charge in [-0.25, -0.2) is 0 Å². The highest BCUT2D eigenvalue weighted by atomic mass is 16.1. The highest BCUT2D eigenvalue weighted by molar-refractivity contribution is 6.09. The largest absolute Gasteiger partial charge is 0.349 e. The van der Waals surface area contributed by atoms with Crippen molar-refractivity contribution in [3.63, 3.8) is 0 Å². The van der Waals surface area contributed by atoms with E-state index in [9.17, 15) is 9.59 Å². The van der Waals surface area contributed by atoms with Crippen LogP contribution in [0.5, 0.6) is 0 Å². The molecule has 1 saturated carbocycles. The zero-order chi connectivity index (χ0) is 16.9. The third kappa shape index (κ3) is 3.91. The van der Waals surface area contributed by atoms with Crippen LogP contribution in [0.15, 0.2) is 54.6 Å². The van der Waals surface area contributed by atoms with Crippen molar-refractivity contribution in [1.82, 2.24) is 5.32 Å². The van der Waals surface area contributed by atoms with Crippen LogP contribution in [-0.2, 0) is 0 Å². The van der Waals surface area contributed by atoms with Crippen molar-refractivity contribution in [2.24, 2.45) is 5.92 Å². The van der Waals surface area contributed by atoms with Crippen LogP contribution in [0.1, 0.15) is 58.9 Å². The average Bonchev–Trinajstić information content (AvgIpc) is 2.64. The fraction of sp³-hybridized carbons (Fsp3) is 0.333. The molecule has 24 heavy (non-hydrogen) atoms. The molecule has 0 spiro atoms. The van der Waals surface area contributed by atoms with E-state index in [1.165, 1.54) is 12.8 Å². The van der Waals surface area contributed by atoms with Gasteiger partial charge < -0.3 is 5.32 Å². The number of rotatable bonds is 4. The summed E-state index contributed by atoms with van der Waals surface area (Å²) in [4.78, 5) is 24.7. The number of carbonyl (C=O) groups is 2. The first-order valence-electron chi connectivity index (χ1n) is 8.64. The van der Waals surface area contributed by atoms with Gasteiger partial charge in [-0.05, 0) is 43.7 Å². The summed E-state index contributed by atoms with van der Waals surface area (Å²) in [5, 5.41) is 3.11. The Balaban J connectivity index is 1.64. The van der Waals surface area contributed by atoms with E-state index in [0.717, 1.165) is 18.8 Å². The number of hydrogen-bond donors (Lipinski definition) is 1. The van der Waals surface area contributed by atoms with Gasteiger partial charge in [0.2, 0.25) is 0 Å². The number of benzene rings is 2. The monoisotopic (exact) mass is 321 g/mol. The van der Waals surface area contributed by atoms with E-state index < -0.39 is 0 Å². The molecule has 0 heterocycles. The van der Waals surface area contributed by atoms with E-state index in [1.807, 2.05) is 18.2 Å². The van der Waals surface area contributed by atoms with E-state index >= 15 is 0 Å². The van der Waals surface area contributed by atoms with Crippen molar-refractivity contribution in [3.8, 4) is 0 Å². The third-order valence-corrected chi connectivity index (χ3v) is 4.80. The van der Waals surface area contributed by atoms with Gasteiger partial charge in [-0.2, -0.15) is 0 Å². The molecule has 1 fully saturated rings. The van der Waals surface area contributed by atoms with Gasteiger partial charge in [0.25, 0.3) is 5.91 Å². The van der Waals surface area contributed by atoms with Crippen molar-refractivity contribution < 1.29 is 9.59 Å². The van der Waals surface area contributed by atoms with E-state index in [1.54, 1.807) is 36.4 Å². The SMILES string of the molecule is CC1CCC(NC(=O)c2ccc(C(=O)c3ccccc3)cc2)CC1. The van der Waals surface area contributed by atoms with Crippen LogP contribution in [0.4, 0.5) is 0 Å². The van der Waals surface area contributed by atoms with Crippen molar-refractivity contribution in [3.05, 3.63) is 71.3 Å². The molecule has 3 heteroatoms. The normalized spacial score (nSPS) is 20.4. The predicted molar refractivity (Wildman–Crippen MR) is 95.2 cm³/mol. The molecule has 1 amide bonds. The highest BCUT2D eigenvalue weighted by Gasteiger charge is 2.20. The van der Waals surface area contributed by atoms with Crippen molar-refractivity contribution in [1.29, 1.82) is 0 Å². The molecule has 0 bridgehead atoms. The maximum absolute atomic E-state index is 12.4. The molecule has 0 aliphatic heterocycles. The lowest BCUT2D eigenvalue weighted by Gasteiger charge is -2.26. The van der Waals surface area contributed by atoms with Crippen molar-refractivity contribution >= 4 is 11.7 Å². The van der Waals surface area contributed by atoms with E-state index in [4.69, 9.17) is 0 Å². The van der Waals surface area contributed by atoms with Gasteiger partial charge in [-0.1, -0.05) is 49.4 Å². The number of carbonyl (C=O) groups excluding carboxylic acids is 2. The van der Waals surface area contributed by atoms with Gasteiger partial charge in [0.1, 0.15) is 0 Å². The van der Waals surface area contributed by atoms with Crippen LogP contribution in [-0.4, -0.2) is 17.7 Å². The van der Waals surface area contributed by atoms with Crippen LogP contribution >= 0.6 is 0 Å². The Labute approximate surface area is 143 Å². The third-order valence-electron chi connectivity index (χ3n) is 4.80. The van der Waals surface area contributed by atoms with Crippen LogP contribution in [0, 0.1) is 5.92 Å². The molecule has 2 aromatic rings. The second-order valence-corrected chi connectivity index (χ2v) is 6.70. The molecular formula is C21H23NO2. The first-order chi connectivity index (χ1) is 11.6. The Hall–Kier alpha value is -2.42. The van der Waals surface area contributed by atoms with Gasteiger partial charge in [0.15, 0.2) is 5.78 Å². The molecule has 0 aromatic heterocycles. The summed E-state index contributed by atoms with van der Waals surface area (Å²) in [6, 6.07) is 16.4. The fourth-order valence-electron chi connectivity index (χ4n) is 3.20. The summed E-state index contributed by atoms with van der Waals surface area (Å²) in [6.07, 6.45) is 4.46. The molecule has 0 radical (unpaired) electrons. The summed E-state index contributed by atoms with van der Waals surface area (Å²) in [5.74, 6) is 0.693. The zero-order valence-electron chi connectivity index (χ0n) is 14.0. The molecule has 0 atom stereocenters. The Morgan fingerprint density at radius 1 is 0.792 bits per heavy atom. The molecule has 3 rings (SSSR count). The lowest BCUT2D eigenvalue weighted by Crippen LogP contribution is -2.37. The molecule has 0 unspecified atom stereocenters. The van der Waals surface area contributed by atoms with Crippen LogP contribution in [0.3, 0.4) is 0 Å². The molecule has 0 saturated heterocycles. The molecule has 1 N–H and O–H groups in total. The number of ketones is 1. The lowest BCUT2D eigenvalue weighted by atomic mass is 9.87. The van der Waals surface area contributed by atoms with E-state index in [2.05, 4.69) is 12.2 Å². The topological polar surface area (TPSA) is 46.2 Å². The predicted octanol–water partition coefficient (Wildman–Crippen LogP) is 4.23. The average molecular weight is 321 g/mol. The minimum absolute atomic E-state index is 0.0242. The second kappa shape index (κ2) is 7.43. The zero-order valence-corrected chi connectivity index (χ0v) is 14.0. The van der Waals surface area contributed by atoms with Crippen LogP contribution < -0.4 is 5.32 Å². The summed E-state index contributed by atoms with van der Waals surface area (Å²) < 4.78 is 0. The maximum atomic E-state index is 12.4. The molecular weight excluding hydrogens is 298 g/mol. The van der Waals surface area contributed by atoms with Gasteiger partial charge in [0, 0.05) is 22.7 Å². The Morgan fingerprint density at radius 3 is 1.96 bits per heavy atom. The number of nitrogens with one attached hydrogen (secondary N) is 1. The molecule has 2 aromatic carbocycles. The highest BCUT2D eigenvalue weighted by Crippen LogP contribution is 2.23. The van der Waals surface area contributed by atoms with Gasteiger partial charge >= 0.3 is 0 Å². The minimum atomic E-state index is -0.0479. The summed E-state index contributed by atoms with van der Waals surface area (Å²) in [6.45, 7) is 2.26. The Kier molecular flexibility index (Phi) is 5.09. The molecule has 1 aliphatic rings. The molecule has 124 valence electrons. The van der Waals surface area contributed by atoms with Gasteiger partial charge in [-0.3, -0.25) is 9.59 Å². The lowest BCUT2D eigenvalue weighted by molar-refractivity contribution is 0.0922. The van der Waals surface area contributed by atoms with E-state index in [-0.39, 0.29) is 17.7 Å². The number of hydrogen-bond acceptors (Lipinski definition) is 2. The quantitative estimate of drug-likeness (QED) is 0.857. The summed E-state index contributed by atoms with van der Waals surface area (Å²) in [7, 11) is 0. The van der Waals surface area contributed by atoms with Crippen molar-refractivity contribution in [2.75, 3.05) is 0 Å². The van der Waals surface area contributed by atoms with Crippen LogP contribution in [0.2, 0.25) is 0 Å². The summed E-state index contributed by atoms with van der Waals surface area (Å²) >= 11 is 0. The first-order valence-corrected chi connectivity index (χ1v) is 8.64. The second-order valence-electron chi connectivity index (χ2n) is 6.70. The molecule has 3 nitrogen and oxygen atoms in total. The van der Waals surface area contributed by atoms with Gasteiger partial charge in [-0.15, -0.1) is 0 Å². The van der Waals surface area contributed by atoms with Crippen molar-refractivity contribution in [2.45, 2.75) is 38.6 Å². The Morgan fingerprint density at radius 2 is 1.33 bits per heavy atom. The fourth-order valence-corrected chi connectivity index (χ4v) is 3.20. The van der Waals surface area contributed by atoms with Gasteiger partial charge in [0.05, 0.1) is 0 Å². The standard InChI is InChI=1S/C21H23NO2/c1-15-7-13-19(14-8-15)22-21(24)18-11-9-17(10-12-18)20(23)16-5-3-2-4-6-16/h2-6,9-12,15,19H,7-8,13-14H2,1H3,(H,22,24). The molecule has 1 aliphatic carbocycles. The maximum Gasteiger partial charge on any atom is 0.251 e. The first kappa shape index (κ1) is 16.4. The Bertz CT molecular complexity index is 698. The van der Waals surface area contributed by atoms with E-state index in [0.29, 0.717) is 16.7 Å².